The van der Waals surface area contributed by atoms with Crippen LogP contribution in [0.25, 0.3) is 0 Å². The van der Waals surface area contributed by atoms with Crippen LogP contribution in [0.2, 0.25) is 10.0 Å². The molecule has 3 rings (SSSR count). The molecule has 1 saturated carbocycles. The van der Waals surface area contributed by atoms with Gasteiger partial charge in [0.2, 0.25) is 5.91 Å². The van der Waals surface area contributed by atoms with Gasteiger partial charge in [-0.2, -0.15) is 0 Å². The maximum absolute atomic E-state index is 12.3. The Kier molecular flexibility index (Phi) is 4.20. The quantitative estimate of drug-likeness (QED) is 0.870. The predicted molar refractivity (Wildman–Crippen MR) is 82.4 cm³/mol. The number of amides is 1. The maximum Gasteiger partial charge on any atom is 0.241 e. The van der Waals surface area contributed by atoms with Crippen LogP contribution in [0.3, 0.4) is 0 Å². The summed E-state index contributed by atoms with van der Waals surface area (Å²) >= 11 is 11.9. The summed E-state index contributed by atoms with van der Waals surface area (Å²) in [5.41, 5.74) is 0.623. The van der Waals surface area contributed by atoms with Gasteiger partial charge in [0, 0.05) is 11.1 Å². The monoisotopic (exact) mass is 312 g/mol. The second-order valence-electron chi connectivity index (χ2n) is 5.72. The predicted octanol–water partition coefficient (Wildman–Crippen LogP) is 3.85. The van der Waals surface area contributed by atoms with Crippen LogP contribution >= 0.6 is 23.2 Å². The molecule has 1 saturated heterocycles. The maximum atomic E-state index is 12.3. The number of benzene rings is 1. The molecule has 108 valence electrons. The Hall–Kier alpha value is -0.770. The number of carbonyl (C=O) groups excluding carboxylic acids is 1. The summed E-state index contributed by atoms with van der Waals surface area (Å²) in [5, 5.41) is 7.40. The van der Waals surface area contributed by atoms with E-state index in [1.54, 1.807) is 18.2 Å². The summed E-state index contributed by atoms with van der Waals surface area (Å²) in [7, 11) is 0. The van der Waals surface area contributed by atoms with E-state index in [0.29, 0.717) is 27.7 Å². The van der Waals surface area contributed by atoms with E-state index in [9.17, 15) is 4.79 Å². The van der Waals surface area contributed by atoms with Gasteiger partial charge in [-0.25, -0.2) is 0 Å². The Labute approximate surface area is 129 Å². The fourth-order valence-corrected chi connectivity index (χ4v) is 3.79. The van der Waals surface area contributed by atoms with Gasteiger partial charge < -0.3 is 10.6 Å². The summed E-state index contributed by atoms with van der Waals surface area (Å²) in [4.78, 5) is 12.3. The molecule has 1 aromatic carbocycles. The normalized spacial score (nSPS) is 29.0. The average Bonchev–Trinajstić information content (AvgIpc) is 2.86. The van der Waals surface area contributed by atoms with E-state index >= 15 is 0 Å². The van der Waals surface area contributed by atoms with Crippen LogP contribution in [-0.2, 0) is 4.79 Å². The first kappa shape index (κ1) is 14.2. The van der Waals surface area contributed by atoms with E-state index in [0.717, 1.165) is 6.42 Å². The molecule has 2 fully saturated rings. The molecule has 1 amide bonds. The Bertz CT molecular complexity index is 507. The highest BCUT2D eigenvalue weighted by molar-refractivity contribution is 6.36. The fraction of sp³-hybridized carbons (Fsp3) is 0.533. The minimum atomic E-state index is -0.102. The van der Waals surface area contributed by atoms with E-state index < -0.39 is 0 Å². The molecule has 3 nitrogen and oxygen atoms in total. The topological polar surface area (TPSA) is 41.1 Å². The van der Waals surface area contributed by atoms with Crippen molar-refractivity contribution in [1.82, 2.24) is 5.32 Å². The van der Waals surface area contributed by atoms with Crippen molar-refractivity contribution in [3.05, 3.63) is 28.2 Å². The third-order valence-corrected chi connectivity index (χ3v) is 4.92. The molecule has 0 bridgehead atoms. The minimum Gasteiger partial charge on any atom is -0.323 e. The Balaban J connectivity index is 1.65. The van der Waals surface area contributed by atoms with Crippen molar-refractivity contribution in [3.8, 4) is 0 Å². The summed E-state index contributed by atoms with van der Waals surface area (Å²) in [6, 6.07) is 5.52. The van der Waals surface area contributed by atoms with Crippen LogP contribution in [0.1, 0.15) is 32.1 Å². The molecule has 20 heavy (non-hydrogen) atoms. The highest BCUT2D eigenvalue weighted by Crippen LogP contribution is 2.34. The molecule has 5 heteroatoms. The summed E-state index contributed by atoms with van der Waals surface area (Å²) in [6.45, 7) is 0. The van der Waals surface area contributed by atoms with Crippen molar-refractivity contribution in [1.29, 1.82) is 0 Å². The summed E-state index contributed by atoms with van der Waals surface area (Å²) in [5.74, 6) is 0.656. The number of hydrogen-bond acceptors (Lipinski definition) is 2. The number of nitrogens with one attached hydrogen (secondary N) is 2. The van der Waals surface area contributed by atoms with Crippen LogP contribution in [0.4, 0.5) is 5.69 Å². The molecule has 1 aromatic rings. The van der Waals surface area contributed by atoms with Crippen molar-refractivity contribution in [2.45, 2.75) is 44.2 Å². The molecule has 1 aliphatic carbocycles. The van der Waals surface area contributed by atoms with Crippen LogP contribution in [0.15, 0.2) is 18.2 Å². The minimum absolute atomic E-state index is 0.00335. The SMILES string of the molecule is O=C(Nc1ccc(Cl)cc1Cl)C1CC2CCCCC2N1. The molecule has 0 aromatic heterocycles. The zero-order valence-electron chi connectivity index (χ0n) is 11.2. The van der Waals surface area contributed by atoms with Gasteiger partial charge in [0.25, 0.3) is 0 Å². The Morgan fingerprint density at radius 2 is 2.05 bits per heavy atom. The van der Waals surface area contributed by atoms with Crippen molar-refractivity contribution < 1.29 is 4.79 Å². The number of halogens is 2. The van der Waals surface area contributed by atoms with Crippen LogP contribution < -0.4 is 10.6 Å². The summed E-state index contributed by atoms with van der Waals surface area (Å²) in [6.07, 6.45) is 5.92. The lowest BCUT2D eigenvalue weighted by Crippen LogP contribution is -2.39. The van der Waals surface area contributed by atoms with Gasteiger partial charge in [-0.15, -0.1) is 0 Å². The van der Waals surface area contributed by atoms with E-state index in [-0.39, 0.29) is 11.9 Å². The van der Waals surface area contributed by atoms with Gasteiger partial charge in [0.1, 0.15) is 0 Å². The van der Waals surface area contributed by atoms with Gasteiger partial charge in [0.05, 0.1) is 16.8 Å². The molecule has 1 aliphatic heterocycles. The fourth-order valence-electron chi connectivity index (χ4n) is 3.33. The first-order valence-corrected chi connectivity index (χ1v) is 7.91. The van der Waals surface area contributed by atoms with Gasteiger partial charge in [-0.3, -0.25) is 4.79 Å². The number of hydrogen-bond donors (Lipinski definition) is 2. The molecule has 1 heterocycles. The smallest absolute Gasteiger partial charge is 0.241 e. The number of anilines is 1. The molecule has 0 radical (unpaired) electrons. The first-order valence-electron chi connectivity index (χ1n) is 7.15. The standard InChI is InChI=1S/C15H18Cl2N2O/c16-10-5-6-13(11(17)8-10)19-15(20)14-7-9-3-1-2-4-12(9)18-14/h5-6,8-9,12,14,18H,1-4,7H2,(H,19,20). The molecule has 3 atom stereocenters. The Morgan fingerprint density at radius 3 is 2.80 bits per heavy atom. The lowest BCUT2D eigenvalue weighted by atomic mass is 9.85. The van der Waals surface area contributed by atoms with E-state index in [4.69, 9.17) is 23.2 Å². The highest BCUT2D eigenvalue weighted by atomic mass is 35.5. The third kappa shape index (κ3) is 2.95. The molecular weight excluding hydrogens is 295 g/mol. The largest absolute Gasteiger partial charge is 0.323 e. The zero-order valence-corrected chi connectivity index (χ0v) is 12.7. The molecule has 0 spiro atoms. The van der Waals surface area contributed by atoms with Crippen LogP contribution in [-0.4, -0.2) is 18.0 Å². The highest BCUT2D eigenvalue weighted by Gasteiger charge is 2.38. The van der Waals surface area contributed by atoms with Crippen LogP contribution in [0, 0.1) is 5.92 Å². The van der Waals surface area contributed by atoms with Gasteiger partial charge >= 0.3 is 0 Å². The molecule has 2 aliphatic rings. The van der Waals surface area contributed by atoms with E-state index in [1.807, 2.05) is 0 Å². The number of rotatable bonds is 2. The molecule has 2 N–H and O–H groups in total. The van der Waals surface area contributed by atoms with Gasteiger partial charge in [-0.05, 0) is 43.4 Å². The van der Waals surface area contributed by atoms with Gasteiger partial charge in [-0.1, -0.05) is 36.0 Å². The van der Waals surface area contributed by atoms with Gasteiger partial charge in [0.15, 0.2) is 0 Å². The third-order valence-electron chi connectivity index (χ3n) is 4.37. The molecular formula is C15H18Cl2N2O. The lowest BCUT2D eigenvalue weighted by molar-refractivity contribution is -0.117. The second-order valence-corrected chi connectivity index (χ2v) is 6.56. The summed E-state index contributed by atoms with van der Waals surface area (Å²) < 4.78 is 0. The lowest BCUT2D eigenvalue weighted by Gasteiger charge is -2.24. The van der Waals surface area contributed by atoms with Crippen molar-refractivity contribution in [2.24, 2.45) is 5.92 Å². The zero-order chi connectivity index (χ0) is 14.1. The Morgan fingerprint density at radius 1 is 1.25 bits per heavy atom. The van der Waals surface area contributed by atoms with E-state index in [2.05, 4.69) is 10.6 Å². The first-order chi connectivity index (χ1) is 9.63. The van der Waals surface area contributed by atoms with E-state index in [1.165, 1.54) is 25.7 Å². The van der Waals surface area contributed by atoms with Crippen molar-refractivity contribution in [3.63, 3.8) is 0 Å². The van der Waals surface area contributed by atoms with Crippen LogP contribution in [0.5, 0.6) is 0 Å². The van der Waals surface area contributed by atoms with Crippen molar-refractivity contribution >= 4 is 34.8 Å². The molecule has 3 unspecified atom stereocenters. The number of fused-ring (bicyclic) bond motifs is 1. The van der Waals surface area contributed by atoms with Crippen molar-refractivity contribution in [2.75, 3.05) is 5.32 Å². The average molecular weight is 313 g/mol. The second kappa shape index (κ2) is 5.92. The number of carbonyl (C=O) groups is 1.